The molecule has 11 nitrogen and oxygen atoms in total. The summed E-state index contributed by atoms with van der Waals surface area (Å²) >= 11 is 1.33. The summed E-state index contributed by atoms with van der Waals surface area (Å²) in [5.41, 5.74) is -1.29. The van der Waals surface area contributed by atoms with Gasteiger partial charge in [0.1, 0.15) is 23.7 Å². The first kappa shape index (κ1) is 36.2. The minimum absolute atomic E-state index is 0.00724. The van der Waals surface area contributed by atoms with Crippen LogP contribution in [0, 0.1) is 5.92 Å². The van der Waals surface area contributed by atoms with Gasteiger partial charge in [-0.1, -0.05) is 48.5 Å². The van der Waals surface area contributed by atoms with Crippen LogP contribution in [-0.4, -0.2) is 71.0 Å². The van der Waals surface area contributed by atoms with Crippen molar-refractivity contribution in [3.8, 4) is 5.19 Å². The number of benzene rings is 2. The lowest BCUT2D eigenvalue weighted by atomic mass is 10.0. The Labute approximate surface area is 303 Å². The zero-order valence-electron chi connectivity index (χ0n) is 28.4. The largest absolute Gasteiger partial charge is 0.465 e. The number of halogens is 3. The third-order valence-electron chi connectivity index (χ3n) is 10.6. The number of rotatable bonds is 7. The van der Waals surface area contributed by atoms with E-state index < -0.39 is 73.9 Å². The minimum Gasteiger partial charge on any atom is -0.465 e. The molecule has 3 N–H and O–H groups in total. The number of ether oxygens (including phenoxy) is 1. The van der Waals surface area contributed by atoms with Crippen molar-refractivity contribution in [3.63, 3.8) is 0 Å². The molecule has 3 heterocycles. The smallest absolute Gasteiger partial charge is 0.416 e. The van der Waals surface area contributed by atoms with Crippen LogP contribution in [0.1, 0.15) is 70.3 Å². The number of fused-ring (bicyclic) bond motifs is 3. The number of nitrogens with zero attached hydrogens (tertiary/aromatic N) is 2. The van der Waals surface area contributed by atoms with Crippen LogP contribution in [0.2, 0.25) is 0 Å². The molecule has 3 fully saturated rings. The van der Waals surface area contributed by atoms with Gasteiger partial charge < -0.3 is 20.3 Å². The molecule has 7 rings (SSSR count). The molecule has 2 aliphatic heterocycles. The van der Waals surface area contributed by atoms with E-state index in [9.17, 15) is 36.0 Å². The summed E-state index contributed by atoms with van der Waals surface area (Å²) in [6, 6.07) is 9.94. The van der Waals surface area contributed by atoms with E-state index in [4.69, 9.17) is 4.74 Å². The number of alkyl halides is 3. The summed E-state index contributed by atoms with van der Waals surface area (Å²) in [5.74, 6) is -2.34. The summed E-state index contributed by atoms with van der Waals surface area (Å²) in [7, 11) is -3.99. The molecule has 3 amide bonds. The fourth-order valence-corrected chi connectivity index (χ4v) is 9.14. The number of hydrogen-bond acceptors (Lipinski definition) is 9. The van der Waals surface area contributed by atoms with E-state index in [-0.39, 0.29) is 19.4 Å². The number of nitrogens with one attached hydrogen (secondary N) is 3. The van der Waals surface area contributed by atoms with Crippen LogP contribution < -0.4 is 20.1 Å². The number of anilines is 1. The van der Waals surface area contributed by atoms with Crippen LogP contribution in [0.3, 0.4) is 0 Å². The summed E-state index contributed by atoms with van der Waals surface area (Å²) in [6.07, 6.45) is 2.87. The number of thiazole rings is 1. The van der Waals surface area contributed by atoms with Crippen molar-refractivity contribution in [2.24, 2.45) is 5.92 Å². The van der Waals surface area contributed by atoms with E-state index in [1.807, 2.05) is 36.4 Å². The normalized spacial score (nSPS) is 28.4. The lowest BCUT2D eigenvalue weighted by Gasteiger charge is -2.30. The van der Waals surface area contributed by atoms with E-state index in [1.54, 1.807) is 6.92 Å². The molecule has 16 heteroatoms. The van der Waals surface area contributed by atoms with Crippen LogP contribution in [0.5, 0.6) is 5.19 Å². The quantitative estimate of drug-likeness (QED) is 0.267. The van der Waals surface area contributed by atoms with Crippen LogP contribution in [0.15, 0.2) is 60.7 Å². The van der Waals surface area contributed by atoms with Gasteiger partial charge in [-0.2, -0.15) is 13.2 Å². The lowest BCUT2D eigenvalue weighted by Crippen LogP contribution is -2.58. The fourth-order valence-electron chi connectivity index (χ4n) is 6.95. The van der Waals surface area contributed by atoms with Crippen LogP contribution >= 0.6 is 11.3 Å². The van der Waals surface area contributed by atoms with E-state index in [0.717, 1.165) is 35.2 Å². The predicted molar refractivity (Wildman–Crippen MR) is 189 cm³/mol. The average Bonchev–Trinajstić information content (AvgIpc) is 3.90. The van der Waals surface area contributed by atoms with Crippen molar-refractivity contribution >= 4 is 55.0 Å². The van der Waals surface area contributed by atoms with Crippen molar-refractivity contribution in [3.05, 3.63) is 66.2 Å². The van der Waals surface area contributed by atoms with Gasteiger partial charge in [0.2, 0.25) is 21.8 Å². The Balaban J connectivity index is 1.18. The van der Waals surface area contributed by atoms with Gasteiger partial charge in [-0.15, -0.1) is 0 Å². The van der Waals surface area contributed by atoms with Crippen molar-refractivity contribution in [2.45, 2.75) is 99.4 Å². The molecular formula is C36H40F3N5O6S2. The van der Waals surface area contributed by atoms with Gasteiger partial charge in [-0.05, 0) is 81.8 Å². The molecule has 52 heavy (non-hydrogen) atoms. The first-order chi connectivity index (χ1) is 24.7. The van der Waals surface area contributed by atoms with Crippen molar-refractivity contribution in [2.75, 3.05) is 11.9 Å². The summed E-state index contributed by atoms with van der Waals surface area (Å²) < 4.78 is 74.3. The van der Waals surface area contributed by atoms with Crippen LogP contribution in [-0.2, 0) is 30.6 Å². The molecule has 278 valence electrons. The Morgan fingerprint density at radius 1 is 1.08 bits per heavy atom. The summed E-state index contributed by atoms with van der Waals surface area (Å²) in [4.78, 5) is 48.4. The predicted octanol–water partition coefficient (Wildman–Crippen LogP) is 5.54. The Morgan fingerprint density at radius 2 is 1.83 bits per heavy atom. The van der Waals surface area contributed by atoms with Gasteiger partial charge in [-0.25, -0.2) is 13.4 Å². The van der Waals surface area contributed by atoms with E-state index in [1.165, 1.54) is 28.4 Å². The fraction of sp³-hybridized carbons (Fsp3) is 0.500. The second-order valence-corrected chi connectivity index (χ2v) is 17.6. The maximum atomic E-state index is 14.5. The molecule has 5 atom stereocenters. The highest BCUT2D eigenvalue weighted by molar-refractivity contribution is 7.91. The number of carbonyl (C=O) groups is 3. The molecule has 0 spiro atoms. The number of carbonyl (C=O) groups excluding carboxylic acids is 3. The maximum absolute atomic E-state index is 14.5. The molecule has 4 aliphatic rings. The lowest BCUT2D eigenvalue weighted by molar-refractivity contribution is -0.140. The van der Waals surface area contributed by atoms with E-state index >= 15 is 0 Å². The SMILES string of the molecule is CC1(S(=O)(=O)NC(=O)[C@@]23C[C@@H]2/C=C\CCCCC[C@H](Nc2ccc(C(F)(F)F)cc2)C(=O)N2C[C@H](Oc4nc5ccccc5s4)C[C@H]2C(=O)N3)CC1. The third kappa shape index (κ3) is 7.36. The zero-order valence-corrected chi connectivity index (χ0v) is 30.1. The highest BCUT2D eigenvalue weighted by Gasteiger charge is 2.63. The Hall–Kier alpha value is -4.18. The molecular weight excluding hydrogens is 720 g/mol. The van der Waals surface area contributed by atoms with Gasteiger partial charge >= 0.3 is 6.18 Å². The number of allylic oxidation sites excluding steroid dienone is 1. The first-order valence-corrected chi connectivity index (χ1v) is 19.8. The average molecular weight is 760 g/mol. The van der Waals surface area contributed by atoms with Crippen molar-refractivity contribution in [1.82, 2.24) is 19.9 Å². The zero-order chi connectivity index (χ0) is 36.9. The highest BCUT2D eigenvalue weighted by atomic mass is 32.2. The Bertz CT molecular complexity index is 1970. The van der Waals surface area contributed by atoms with Crippen molar-refractivity contribution in [1.29, 1.82) is 0 Å². The number of amides is 3. The molecule has 2 saturated carbocycles. The van der Waals surface area contributed by atoms with Gasteiger partial charge in [0.15, 0.2) is 0 Å². The van der Waals surface area contributed by atoms with Gasteiger partial charge in [-0.3, -0.25) is 19.1 Å². The number of aromatic nitrogens is 1. The van der Waals surface area contributed by atoms with Crippen LogP contribution in [0.4, 0.5) is 18.9 Å². The number of para-hydroxylation sites is 1. The van der Waals surface area contributed by atoms with E-state index in [0.29, 0.717) is 43.0 Å². The van der Waals surface area contributed by atoms with E-state index in [2.05, 4.69) is 20.3 Å². The Morgan fingerprint density at radius 3 is 2.54 bits per heavy atom. The van der Waals surface area contributed by atoms with Gasteiger partial charge in [0.25, 0.3) is 11.1 Å². The monoisotopic (exact) mass is 759 g/mol. The standard InChI is InChI=1S/C36H40F3N5O6S2/c1-34(17-18-34)52(48,49)43-32(47)35-20-23(35)9-5-3-2-4-6-11-27(40-24-15-13-22(14-16-24)36(37,38)39)31(46)44-21-25(19-28(44)30(45)42-35)50-33-41-26-10-7-8-12-29(26)51-33/h5,7-10,12-16,23,25,27-28,40H,2-4,6,11,17-21H2,1H3,(H,42,45)(H,43,47)/b9-5-/t23-,25+,27-,28-,35+/m0/s1. The van der Waals surface area contributed by atoms with Gasteiger partial charge in [0.05, 0.1) is 27.1 Å². The second kappa shape index (κ2) is 13.7. The summed E-state index contributed by atoms with van der Waals surface area (Å²) in [5, 5.41) is 6.34. The molecule has 2 aliphatic carbocycles. The maximum Gasteiger partial charge on any atom is 0.416 e. The molecule has 0 bridgehead atoms. The molecule has 1 saturated heterocycles. The molecule has 2 aromatic carbocycles. The van der Waals surface area contributed by atoms with Crippen molar-refractivity contribution < 1.29 is 40.7 Å². The van der Waals surface area contributed by atoms with Crippen LogP contribution in [0.25, 0.3) is 10.2 Å². The molecule has 3 aromatic rings. The molecule has 1 aromatic heterocycles. The number of hydrogen-bond donors (Lipinski definition) is 3. The third-order valence-corrected chi connectivity index (χ3v) is 13.7. The minimum atomic E-state index is -4.52. The Kier molecular flexibility index (Phi) is 9.51. The highest BCUT2D eigenvalue weighted by Crippen LogP contribution is 2.47. The number of sulfonamides is 1. The molecule has 0 radical (unpaired) electrons. The topological polar surface area (TPSA) is 147 Å². The first-order valence-electron chi connectivity index (χ1n) is 17.5. The van der Waals surface area contributed by atoms with Gasteiger partial charge in [0, 0.05) is 18.0 Å². The summed E-state index contributed by atoms with van der Waals surface area (Å²) in [6.45, 7) is 1.58. The molecule has 0 unspecified atom stereocenters. The second-order valence-electron chi connectivity index (χ2n) is 14.4.